The quantitative estimate of drug-likeness (QED) is 0.368. The highest BCUT2D eigenvalue weighted by atomic mass is 32.2. The van der Waals surface area contributed by atoms with Gasteiger partial charge in [-0.25, -0.2) is 0 Å². The van der Waals surface area contributed by atoms with E-state index >= 15 is 0 Å². The highest BCUT2D eigenvalue weighted by Gasteiger charge is 2.27. The van der Waals surface area contributed by atoms with Gasteiger partial charge < -0.3 is 5.32 Å². The maximum atomic E-state index is 4.77. The van der Waals surface area contributed by atoms with Gasteiger partial charge in [0.25, 0.3) is 0 Å². The predicted octanol–water partition coefficient (Wildman–Crippen LogP) is 7.73. The van der Waals surface area contributed by atoms with Gasteiger partial charge in [-0.2, -0.15) is 0 Å². The molecule has 0 aromatic carbocycles. The van der Waals surface area contributed by atoms with Gasteiger partial charge in [0.05, 0.1) is 6.34 Å². The minimum atomic E-state index is 0.350. The molecule has 0 amide bonds. The number of thiophene rings is 1. The Morgan fingerprint density at radius 3 is 2.46 bits per heavy atom. The van der Waals surface area contributed by atoms with Crippen LogP contribution in [0.25, 0.3) is 0 Å². The number of hydrogen-bond acceptors (Lipinski definition) is 4. The van der Waals surface area contributed by atoms with Gasteiger partial charge in [-0.05, 0) is 43.4 Å². The van der Waals surface area contributed by atoms with Crippen molar-refractivity contribution in [2.45, 2.75) is 102 Å². The molecule has 146 valence electrons. The van der Waals surface area contributed by atoms with E-state index in [-0.39, 0.29) is 0 Å². The van der Waals surface area contributed by atoms with Crippen LogP contribution in [-0.2, 0) is 12.8 Å². The third-order valence-corrected chi connectivity index (χ3v) is 8.07. The lowest BCUT2D eigenvalue weighted by molar-refractivity contribution is 0.563. The second kappa shape index (κ2) is 11.4. The first kappa shape index (κ1) is 20.3. The van der Waals surface area contributed by atoms with Crippen LogP contribution in [0.1, 0.15) is 105 Å². The minimum absolute atomic E-state index is 0.350. The van der Waals surface area contributed by atoms with E-state index in [9.17, 15) is 0 Å². The zero-order valence-electron chi connectivity index (χ0n) is 16.5. The summed E-state index contributed by atoms with van der Waals surface area (Å²) in [7, 11) is 0. The molecule has 1 aromatic heterocycles. The maximum absolute atomic E-state index is 4.77. The van der Waals surface area contributed by atoms with E-state index in [1.807, 2.05) is 17.7 Å². The monoisotopic (exact) mass is 392 g/mol. The second-order valence-electron chi connectivity index (χ2n) is 7.78. The molecule has 1 aromatic rings. The summed E-state index contributed by atoms with van der Waals surface area (Å²) < 4.78 is 0. The van der Waals surface area contributed by atoms with Crippen LogP contribution in [0.15, 0.2) is 4.99 Å². The summed E-state index contributed by atoms with van der Waals surface area (Å²) in [6, 6.07) is 0. The Kier molecular flexibility index (Phi) is 8.87. The fourth-order valence-corrected chi connectivity index (χ4v) is 6.63. The topological polar surface area (TPSA) is 24.4 Å². The van der Waals surface area contributed by atoms with Gasteiger partial charge in [-0.15, -0.1) is 23.1 Å². The smallest absolute Gasteiger partial charge is 0.125 e. The summed E-state index contributed by atoms with van der Waals surface area (Å²) in [5.41, 5.74) is 3.17. The summed E-state index contributed by atoms with van der Waals surface area (Å²) in [4.78, 5) is 6.40. The molecule has 0 saturated heterocycles. The van der Waals surface area contributed by atoms with E-state index in [1.165, 1.54) is 106 Å². The minimum Gasteiger partial charge on any atom is -0.338 e. The molecule has 0 saturated carbocycles. The van der Waals surface area contributed by atoms with Gasteiger partial charge >= 0.3 is 0 Å². The van der Waals surface area contributed by atoms with E-state index < -0.39 is 0 Å². The zero-order chi connectivity index (χ0) is 18.0. The Labute approximate surface area is 168 Å². The van der Waals surface area contributed by atoms with Crippen LogP contribution in [0.5, 0.6) is 0 Å². The molecule has 4 heteroatoms. The molecule has 1 aliphatic carbocycles. The summed E-state index contributed by atoms with van der Waals surface area (Å²) in [6.45, 7) is 2.29. The molecule has 1 unspecified atom stereocenters. The Morgan fingerprint density at radius 1 is 1.00 bits per heavy atom. The average Bonchev–Trinajstić information content (AvgIpc) is 3.05. The molecular weight excluding hydrogens is 356 g/mol. The lowest BCUT2D eigenvalue weighted by Crippen LogP contribution is -2.09. The number of rotatable bonds is 12. The molecule has 0 bridgehead atoms. The van der Waals surface area contributed by atoms with Crippen LogP contribution in [0.4, 0.5) is 5.00 Å². The van der Waals surface area contributed by atoms with Gasteiger partial charge in [0.2, 0.25) is 0 Å². The lowest BCUT2D eigenvalue weighted by Gasteiger charge is -2.20. The van der Waals surface area contributed by atoms with Crippen molar-refractivity contribution in [2.75, 3.05) is 11.1 Å². The summed E-state index contributed by atoms with van der Waals surface area (Å²) in [5, 5.41) is 5.14. The van der Waals surface area contributed by atoms with Crippen LogP contribution >= 0.6 is 23.1 Å². The molecule has 1 N–H and O–H groups in total. The van der Waals surface area contributed by atoms with Crippen LogP contribution in [-0.4, -0.2) is 12.1 Å². The van der Waals surface area contributed by atoms with E-state index in [1.54, 1.807) is 10.4 Å². The fourth-order valence-electron chi connectivity index (χ4n) is 4.11. The Hall–Kier alpha value is -0.480. The Bertz CT molecular complexity index is 565. The van der Waals surface area contributed by atoms with Crippen LogP contribution in [0.2, 0.25) is 0 Å². The fraction of sp³-hybridized carbons (Fsp3) is 0.773. The van der Waals surface area contributed by atoms with Crippen LogP contribution in [0.3, 0.4) is 0 Å². The molecule has 1 atom stereocenters. The van der Waals surface area contributed by atoms with Crippen molar-refractivity contribution in [1.82, 2.24) is 0 Å². The highest BCUT2D eigenvalue weighted by Crippen LogP contribution is 2.47. The number of aryl methyl sites for hydroxylation is 1. The van der Waals surface area contributed by atoms with E-state index in [4.69, 9.17) is 4.99 Å². The van der Waals surface area contributed by atoms with Crippen molar-refractivity contribution < 1.29 is 0 Å². The SMILES string of the molecule is CCCCCCCCCCCCSC1N=CNc2sc3c(c21)CCCC3. The number of nitrogens with one attached hydrogen (secondary N) is 1. The summed E-state index contributed by atoms with van der Waals surface area (Å²) in [5.74, 6) is 1.25. The molecule has 26 heavy (non-hydrogen) atoms. The third-order valence-electron chi connectivity index (χ3n) is 5.64. The van der Waals surface area contributed by atoms with Crippen molar-refractivity contribution in [1.29, 1.82) is 0 Å². The highest BCUT2D eigenvalue weighted by molar-refractivity contribution is 7.99. The Balaban J connectivity index is 1.31. The first-order valence-corrected chi connectivity index (χ1v) is 12.8. The first-order chi connectivity index (χ1) is 12.9. The van der Waals surface area contributed by atoms with Gasteiger partial charge in [0.15, 0.2) is 0 Å². The molecule has 0 spiro atoms. The van der Waals surface area contributed by atoms with Crippen molar-refractivity contribution >= 4 is 34.4 Å². The van der Waals surface area contributed by atoms with E-state index in [2.05, 4.69) is 24.0 Å². The van der Waals surface area contributed by atoms with Crippen LogP contribution < -0.4 is 5.32 Å². The number of hydrogen-bond donors (Lipinski definition) is 1. The zero-order valence-corrected chi connectivity index (χ0v) is 18.2. The van der Waals surface area contributed by atoms with Crippen molar-refractivity contribution in [3.63, 3.8) is 0 Å². The molecule has 2 heterocycles. The first-order valence-electron chi connectivity index (χ1n) is 10.9. The van der Waals surface area contributed by atoms with Crippen LogP contribution in [0, 0.1) is 0 Å². The van der Waals surface area contributed by atoms with Crippen molar-refractivity contribution in [2.24, 2.45) is 4.99 Å². The van der Waals surface area contributed by atoms with Crippen molar-refractivity contribution in [3.8, 4) is 0 Å². The predicted molar refractivity (Wildman–Crippen MR) is 120 cm³/mol. The van der Waals surface area contributed by atoms with Gasteiger partial charge in [0, 0.05) is 10.4 Å². The number of anilines is 1. The largest absolute Gasteiger partial charge is 0.338 e. The molecule has 2 aliphatic rings. The maximum Gasteiger partial charge on any atom is 0.125 e. The van der Waals surface area contributed by atoms with Gasteiger partial charge in [0.1, 0.15) is 10.4 Å². The normalized spacial score (nSPS) is 18.4. The molecule has 2 nitrogen and oxygen atoms in total. The van der Waals surface area contributed by atoms with E-state index in [0.717, 1.165) is 0 Å². The molecule has 3 rings (SSSR count). The second-order valence-corrected chi connectivity index (χ2v) is 10.1. The molecule has 0 fully saturated rings. The number of fused-ring (bicyclic) bond motifs is 3. The lowest BCUT2D eigenvalue weighted by atomic mass is 9.95. The summed E-state index contributed by atoms with van der Waals surface area (Å²) >= 11 is 4.05. The average molecular weight is 393 g/mol. The number of thioether (sulfide) groups is 1. The Morgan fingerprint density at radius 2 is 1.69 bits per heavy atom. The molecule has 0 radical (unpaired) electrons. The molecular formula is C22H36N2S2. The van der Waals surface area contributed by atoms with Gasteiger partial charge in [-0.3, -0.25) is 4.99 Å². The third kappa shape index (κ3) is 5.76. The van der Waals surface area contributed by atoms with E-state index in [0.29, 0.717) is 5.37 Å². The standard InChI is InChI=1S/C22H36N2S2/c1-2-3-4-5-6-7-8-9-10-13-16-25-21-20-18-14-11-12-15-19(18)26-22(20)24-17-23-21/h17,21H,2-16H2,1H3,(H,23,24). The van der Waals surface area contributed by atoms with Gasteiger partial charge in [-0.1, -0.05) is 64.7 Å². The number of aliphatic imine (C=N–C) groups is 1. The number of nitrogens with zero attached hydrogens (tertiary/aromatic N) is 1. The summed E-state index contributed by atoms with van der Waals surface area (Å²) in [6.07, 6.45) is 21.4. The number of unbranched alkanes of at least 4 members (excludes halogenated alkanes) is 9. The van der Waals surface area contributed by atoms with Crippen molar-refractivity contribution in [3.05, 3.63) is 16.0 Å². The molecule has 1 aliphatic heterocycles.